The lowest BCUT2D eigenvalue weighted by molar-refractivity contribution is -0.117. The predicted octanol–water partition coefficient (Wildman–Crippen LogP) is 3.57. The SMILES string of the molecule is COc1ccc(CCNC(=O)/C(C#N)=C/c2cc(C)n(CC3CCCO3)c2C)cc1OC. The van der Waals surface area contributed by atoms with Crippen LogP contribution in [0.1, 0.15) is 35.4 Å². The van der Waals surface area contributed by atoms with Crippen molar-refractivity contribution >= 4 is 12.0 Å². The van der Waals surface area contributed by atoms with Crippen molar-refractivity contribution < 1.29 is 19.0 Å². The number of amides is 1. The average molecular weight is 438 g/mol. The van der Waals surface area contributed by atoms with Crippen LogP contribution in [0.2, 0.25) is 0 Å². The summed E-state index contributed by atoms with van der Waals surface area (Å²) < 4.78 is 18.5. The molecule has 1 N–H and O–H groups in total. The van der Waals surface area contributed by atoms with Gasteiger partial charge in [0.15, 0.2) is 11.5 Å². The van der Waals surface area contributed by atoms with Gasteiger partial charge in [0.1, 0.15) is 11.6 Å². The first kappa shape index (κ1) is 23.4. The summed E-state index contributed by atoms with van der Waals surface area (Å²) in [6.07, 6.45) is 4.67. The molecule has 0 saturated carbocycles. The van der Waals surface area contributed by atoms with Crippen LogP contribution >= 0.6 is 0 Å². The number of nitriles is 1. The van der Waals surface area contributed by atoms with Gasteiger partial charge in [-0.3, -0.25) is 4.79 Å². The normalized spacial score (nSPS) is 16.0. The Balaban J connectivity index is 1.64. The number of carbonyl (C=O) groups is 1. The number of hydrogen-bond acceptors (Lipinski definition) is 5. The van der Waals surface area contributed by atoms with E-state index >= 15 is 0 Å². The van der Waals surface area contributed by atoms with E-state index in [1.807, 2.05) is 44.2 Å². The number of aryl methyl sites for hydroxylation is 1. The van der Waals surface area contributed by atoms with Gasteiger partial charge in [0, 0.05) is 31.1 Å². The number of benzene rings is 1. The third-order valence-electron chi connectivity index (χ3n) is 5.84. The Morgan fingerprint density at radius 2 is 2.06 bits per heavy atom. The Hall–Kier alpha value is -3.24. The second kappa shape index (κ2) is 10.9. The standard InChI is InChI=1S/C25H31N3O4/c1-17-12-20(18(2)28(17)16-22-6-5-11-32-22)14-21(15-26)25(29)27-10-9-19-7-8-23(30-3)24(13-19)31-4/h7-8,12-14,22H,5-6,9-11,16H2,1-4H3,(H,27,29)/b21-14+. The molecular weight excluding hydrogens is 406 g/mol. The van der Waals surface area contributed by atoms with E-state index in [4.69, 9.17) is 14.2 Å². The minimum atomic E-state index is -0.378. The number of ether oxygens (including phenoxy) is 3. The van der Waals surface area contributed by atoms with Gasteiger partial charge in [0.2, 0.25) is 0 Å². The Kier molecular flexibility index (Phi) is 7.96. The van der Waals surface area contributed by atoms with Crippen LogP contribution in [0.5, 0.6) is 11.5 Å². The molecule has 2 heterocycles. The fraction of sp³-hybridized carbons (Fsp3) is 0.440. The minimum absolute atomic E-state index is 0.0923. The molecule has 2 aromatic rings. The maximum atomic E-state index is 12.6. The van der Waals surface area contributed by atoms with E-state index in [2.05, 4.69) is 9.88 Å². The molecule has 32 heavy (non-hydrogen) atoms. The fourth-order valence-electron chi connectivity index (χ4n) is 4.00. The predicted molar refractivity (Wildman–Crippen MR) is 123 cm³/mol. The van der Waals surface area contributed by atoms with Crippen LogP contribution in [0.4, 0.5) is 0 Å². The van der Waals surface area contributed by atoms with Crippen LogP contribution in [0.25, 0.3) is 6.08 Å². The lowest BCUT2D eigenvalue weighted by Crippen LogP contribution is -2.26. The van der Waals surface area contributed by atoms with Crippen molar-refractivity contribution in [1.82, 2.24) is 9.88 Å². The van der Waals surface area contributed by atoms with Crippen LogP contribution < -0.4 is 14.8 Å². The molecule has 1 aromatic carbocycles. The molecule has 0 radical (unpaired) electrons. The second-order valence-corrected chi connectivity index (χ2v) is 7.94. The molecule has 7 heteroatoms. The molecule has 3 rings (SSSR count). The van der Waals surface area contributed by atoms with Gasteiger partial charge < -0.3 is 24.1 Å². The van der Waals surface area contributed by atoms with E-state index in [-0.39, 0.29) is 17.6 Å². The summed E-state index contributed by atoms with van der Waals surface area (Å²) in [4.78, 5) is 12.6. The van der Waals surface area contributed by atoms with Gasteiger partial charge >= 0.3 is 0 Å². The number of hydrogen-bond donors (Lipinski definition) is 1. The highest BCUT2D eigenvalue weighted by atomic mass is 16.5. The van der Waals surface area contributed by atoms with Crippen LogP contribution in [0.15, 0.2) is 29.8 Å². The average Bonchev–Trinajstić information content (AvgIpc) is 3.41. The molecule has 1 unspecified atom stereocenters. The van der Waals surface area contributed by atoms with Crippen LogP contribution in [-0.4, -0.2) is 43.9 Å². The van der Waals surface area contributed by atoms with Crippen LogP contribution in [0, 0.1) is 25.2 Å². The molecule has 0 bridgehead atoms. The van der Waals surface area contributed by atoms with E-state index in [1.165, 1.54) is 0 Å². The highest BCUT2D eigenvalue weighted by Crippen LogP contribution is 2.27. The highest BCUT2D eigenvalue weighted by molar-refractivity contribution is 6.01. The van der Waals surface area contributed by atoms with Gasteiger partial charge in [-0.05, 0) is 68.5 Å². The Bertz CT molecular complexity index is 1030. The van der Waals surface area contributed by atoms with Crippen molar-refractivity contribution in [3.63, 3.8) is 0 Å². The zero-order valence-corrected chi connectivity index (χ0v) is 19.2. The van der Waals surface area contributed by atoms with Crippen LogP contribution in [0.3, 0.4) is 0 Å². The minimum Gasteiger partial charge on any atom is -0.493 e. The largest absolute Gasteiger partial charge is 0.493 e. The summed E-state index contributed by atoms with van der Waals surface area (Å²) >= 11 is 0. The molecule has 1 aromatic heterocycles. The molecule has 1 atom stereocenters. The number of carbonyl (C=O) groups excluding carboxylic acids is 1. The van der Waals surface area contributed by atoms with E-state index < -0.39 is 0 Å². The smallest absolute Gasteiger partial charge is 0.261 e. The van der Waals surface area contributed by atoms with Gasteiger partial charge in [0.25, 0.3) is 5.91 Å². The number of nitrogens with zero attached hydrogens (tertiary/aromatic N) is 2. The van der Waals surface area contributed by atoms with Crippen molar-refractivity contribution in [2.75, 3.05) is 27.4 Å². The van der Waals surface area contributed by atoms with Crippen molar-refractivity contribution in [1.29, 1.82) is 5.26 Å². The third-order valence-corrected chi connectivity index (χ3v) is 5.84. The number of aromatic nitrogens is 1. The first-order chi connectivity index (χ1) is 15.5. The summed E-state index contributed by atoms with van der Waals surface area (Å²) in [5.74, 6) is 0.927. The first-order valence-electron chi connectivity index (χ1n) is 10.9. The molecule has 1 aliphatic rings. The van der Waals surface area contributed by atoms with Gasteiger partial charge in [-0.25, -0.2) is 0 Å². The van der Waals surface area contributed by atoms with Gasteiger partial charge in [-0.1, -0.05) is 6.07 Å². The highest BCUT2D eigenvalue weighted by Gasteiger charge is 2.19. The topological polar surface area (TPSA) is 85.5 Å². The summed E-state index contributed by atoms with van der Waals surface area (Å²) in [6.45, 7) is 6.07. The molecule has 1 saturated heterocycles. The molecule has 0 spiro atoms. The van der Waals surface area contributed by atoms with E-state index in [9.17, 15) is 10.1 Å². The van der Waals surface area contributed by atoms with E-state index in [0.717, 1.165) is 48.5 Å². The quantitative estimate of drug-likeness (QED) is 0.479. The Labute approximate surface area is 189 Å². The second-order valence-electron chi connectivity index (χ2n) is 7.94. The number of methoxy groups -OCH3 is 2. The first-order valence-corrected chi connectivity index (χ1v) is 10.9. The lowest BCUT2D eigenvalue weighted by atomic mass is 10.1. The zero-order valence-electron chi connectivity index (χ0n) is 19.2. The van der Waals surface area contributed by atoms with E-state index in [0.29, 0.717) is 24.5 Å². The maximum absolute atomic E-state index is 12.6. The third kappa shape index (κ3) is 5.51. The monoisotopic (exact) mass is 437 g/mol. The Morgan fingerprint density at radius 1 is 1.28 bits per heavy atom. The summed E-state index contributed by atoms with van der Waals surface area (Å²) in [7, 11) is 3.18. The molecule has 170 valence electrons. The summed E-state index contributed by atoms with van der Waals surface area (Å²) in [6, 6.07) is 9.70. The molecule has 0 aliphatic carbocycles. The van der Waals surface area contributed by atoms with Crippen LogP contribution in [-0.2, 0) is 22.5 Å². The van der Waals surface area contributed by atoms with Crippen molar-refractivity contribution in [3.8, 4) is 17.6 Å². The molecule has 7 nitrogen and oxygen atoms in total. The van der Waals surface area contributed by atoms with Gasteiger partial charge in [0.05, 0.1) is 20.3 Å². The number of rotatable bonds is 9. The molecule has 1 aliphatic heterocycles. The maximum Gasteiger partial charge on any atom is 0.261 e. The molecule has 1 amide bonds. The van der Waals surface area contributed by atoms with Gasteiger partial charge in [-0.2, -0.15) is 5.26 Å². The summed E-state index contributed by atoms with van der Waals surface area (Å²) in [5.41, 5.74) is 4.10. The van der Waals surface area contributed by atoms with Crippen molar-refractivity contribution in [2.45, 2.75) is 45.8 Å². The van der Waals surface area contributed by atoms with E-state index in [1.54, 1.807) is 20.3 Å². The lowest BCUT2D eigenvalue weighted by Gasteiger charge is -2.14. The molecule has 1 fully saturated rings. The fourth-order valence-corrected chi connectivity index (χ4v) is 4.00. The van der Waals surface area contributed by atoms with Crippen molar-refractivity contribution in [3.05, 3.63) is 52.4 Å². The zero-order chi connectivity index (χ0) is 23.1. The molecular formula is C25H31N3O4. The Morgan fingerprint density at radius 3 is 2.72 bits per heavy atom. The summed E-state index contributed by atoms with van der Waals surface area (Å²) in [5, 5.41) is 12.4. The number of nitrogens with one attached hydrogen (secondary N) is 1. The van der Waals surface area contributed by atoms with Gasteiger partial charge in [-0.15, -0.1) is 0 Å². The van der Waals surface area contributed by atoms with Crippen molar-refractivity contribution in [2.24, 2.45) is 0 Å².